The highest BCUT2D eigenvalue weighted by molar-refractivity contribution is 5.86. The van der Waals surface area contributed by atoms with Gasteiger partial charge in [0, 0.05) is 19.5 Å². The van der Waals surface area contributed by atoms with Crippen LogP contribution in [0.15, 0.2) is 35.6 Å². The van der Waals surface area contributed by atoms with Crippen LogP contribution < -0.4 is 5.73 Å². The molecule has 1 aliphatic heterocycles. The number of carboxylic acids is 1. The quantitative estimate of drug-likeness (QED) is 0.683. The zero-order valence-electron chi connectivity index (χ0n) is 8.55. The third-order valence-corrected chi connectivity index (χ3v) is 2.94. The molecule has 0 bridgehead atoms. The summed E-state index contributed by atoms with van der Waals surface area (Å²) in [6.45, 7) is 0.500. The largest absolute Gasteiger partial charge is 0.477 e. The van der Waals surface area contributed by atoms with Gasteiger partial charge in [-0.05, 0) is 11.6 Å². The van der Waals surface area contributed by atoms with Gasteiger partial charge in [-0.2, -0.15) is 0 Å². The molecule has 4 nitrogen and oxygen atoms in total. The van der Waals surface area contributed by atoms with Crippen LogP contribution in [0.5, 0.6) is 0 Å². The maximum absolute atomic E-state index is 10.9. The lowest BCUT2D eigenvalue weighted by molar-refractivity contribution is -0.134. The van der Waals surface area contributed by atoms with E-state index < -0.39 is 5.97 Å². The second kappa shape index (κ2) is 3.55. The lowest BCUT2D eigenvalue weighted by Crippen LogP contribution is -2.32. The first kappa shape index (κ1) is 9.98. The zero-order valence-corrected chi connectivity index (χ0v) is 8.55. The Bertz CT molecular complexity index is 382. The number of carboxylic acid groups (broad SMARTS) is 1. The van der Waals surface area contributed by atoms with Crippen molar-refractivity contribution in [3.8, 4) is 0 Å². The molecule has 0 aromatic heterocycles. The standard InChI is InChI=1S/C11H14N2O2/c1-13-9-3-2-7(6-12)4-8(9)5-10(13)11(14)15/h2-5,8-9H,6,12H2,1H3,(H,14,15). The molecule has 2 aliphatic rings. The van der Waals surface area contributed by atoms with Crippen molar-refractivity contribution < 1.29 is 9.90 Å². The van der Waals surface area contributed by atoms with Gasteiger partial charge in [0.25, 0.3) is 0 Å². The average Bonchev–Trinajstić information content (AvgIpc) is 2.55. The number of nitrogens with zero attached hydrogens (tertiary/aromatic N) is 1. The van der Waals surface area contributed by atoms with Crippen molar-refractivity contribution in [1.29, 1.82) is 0 Å². The van der Waals surface area contributed by atoms with E-state index in [0.717, 1.165) is 5.57 Å². The van der Waals surface area contributed by atoms with Crippen molar-refractivity contribution in [2.45, 2.75) is 6.04 Å². The van der Waals surface area contributed by atoms with Crippen LogP contribution in [0.25, 0.3) is 0 Å². The summed E-state index contributed by atoms with van der Waals surface area (Å²) in [5.41, 5.74) is 6.97. The molecule has 0 saturated heterocycles. The molecule has 0 radical (unpaired) electrons. The van der Waals surface area contributed by atoms with Gasteiger partial charge in [-0.1, -0.05) is 18.2 Å². The van der Waals surface area contributed by atoms with Gasteiger partial charge in [-0.15, -0.1) is 0 Å². The third-order valence-electron chi connectivity index (χ3n) is 2.94. The predicted octanol–water partition coefficient (Wildman–Crippen LogP) is 0.340. The summed E-state index contributed by atoms with van der Waals surface area (Å²) >= 11 is 0. The Kier molecular flexibility index (Phi) is 2.36. The summed E-state index contributed by atoms with van der Waals surface area (Å²) in [6.07, 6.45) is 7.80. The van der Waals surface area contributed by atoms with Crippen LogP contribution in [-0.4, -0.2) is 35.6 Å². The number of nitrogens with two attached hydrogens (primary N) is 1. The van der Waals surface area contributed by atoms with E-state index in [4.69, 9.17) is 10.8 Å². The molecule has 0 aromatic carbocycles. The molecule has 15 heavy (non-hydrogen) atoms. The maximum atomic E-state index is 10.9. The van der Waals surface area contributed by atoms with E-state index in [1.807, 2.05) is 18.2 Å². The monoisotopic (exact) mass is 206 g/mol. The Morgan fingerprint density at radius 1 is 1.60 bits per heavy atom. The van der Waals surface area contributed by atoms with Gasteiger partial charge in [-0.25, -0.2) is 4.79 Å². The fourth-order valence-corrected chi connectivity index (χ4v) is 2.10. The maximum Gasteiger partial charge on any atom is 0.351 e. The van der Waals surface area contributed by atoms with Crippen molar-refractivity contribution >= 4 is 5.97 Å². The molecule has 0 saturated carbocycles. The minimum Gasteiger partial charge on any atom is -0.477 e. The Labute approximate surface area is 88.4 Å². The van der Waals surface area contributed by atoms with Gasteiger partial charge in [0.15, 0.2) is 0 Å². The lowest BCUT2D eigenvalue weighted by Gasteiger charge is -2.26. The van der Waals surface area contributed by atoms with Crippen molar-refractivity contribution in [1.82, 2.24) is 4.90 Å². The second-order valence-electron chi connectivity index (χ2n) is 3.84. The number of hydrogen-bond donors (Lipinski definition) is 2. The first-order chi connectivity index (χ1) is 7.13. The molecule has 2 atom stereocenters. The van der Waals surface area contributed by atoms with E-state index >= 15 is 0 Å². The summed E-state index contributed by atoms with van der Waals surface area (Å²) in [5.74, 6) is -0.729. The molecule has 0 fully saturated rings. The van der Waals surface area contributed by atoms with Crippen molar-refractivity contribution in [2.24, 2.45) is 11.7 Å². The van der Waals surface area contributed by atoms with Gasteiger partial charge in [0.05, 0.1) is 6.04 Å². The van der Waals surface area contributed by atoms with Gasteiger partial charge in [0.1, 0.15) is 5.70 Å². The Hall–Kier alpha value is -1.55. The number of fused-ring (bicyclic) bond motifs is 1. The minimum atomic E-state index is -0.872. The van der Waals surface area contributed by atoms with E-state index in [1.54, 1.807) is 18.0 Å². The normalized spacial score (nSPS) is 28.5. The molecule has 0 spiro atoms. The molecule has 0 aromatic rings. The number of aliphatic carboxylic acids is 1. The molecule has 2 rings (SSSR count). The van der Waals surface area contributed by atoms with Gasteiger partial charge < -0.3 is 15.7 Å². The van der Waals surface area contributed by atoms with Crippen LogP contribution in [0.4, 0.5) is 0 Å². The first-order valence-corrected chi connectivity index (χ1v) is 4.90. The van der Waals surface area contributed by atoms with E-state index in [9.17, 15) is 4.79 Å². The van der Waals surface area contributed by atoms with Crippen LogP contribution in [0, 0.1) is 5.92 Å². The van der Waals surface area contributed by atoms with Crippen LogP contribution in [0.3, 0.4) is 0 Å². The molecule has 2 unspecified atom stereocenters. The molecule has 80 valence electrons. The van der Waals surface area contributed by atoms with Crippen LogP contribution >= 0.6 is 0 Å². The fraction of sp³-hybridized carbons (Fsp3) is 0.364. The molecule has 4 heteroatoms. The number of carbonyl (C=O) groups is 1. The number of hydrogen-bond acceptors (Lipinski definition) is 3. The Morgan fingerprint density at radius 2 is 2.33 bits per heavy atom. The van der Waals surface area contributed by atoms with Gasteiger partial charge in [0.2, 0.25) is 0 Å². The minimum absolute atomic E-state index is 0.131. The summed E-state index contributed by atoms with van der Waals surface area (Å²) in [7, 11) is 1.80. The highest BCUT2D eigenvalue weighted by Crippen LogP contribution is 2.31. The van der Waals surface area contributed by atoms with Crippen molar-refractivity contribution in [3.63, 3.8) is 0 Å². The predicted molar refractivity (Wildman–Crippen MR) is 57.0 cm³/mol. The Balaban J connectivity index is 2.29. The fourth-order valence-electron chi connectivity index (χ4n) is 2.10. The Morgan fingerprint density at radius 3 is 2.93 bits per heavy atom. The van der Waals surface area contributed by atoms with E-state index in [1.165, 1.54) is 0 Å². The first-order valence-electron chi connectivity index (χ1n) is 4.90. The summed E-state index contributed by atoms with van der Waals surface area (Å²) in [6, 6.07) is 0.131. The topological polar surface area (TPSA) is 66.6 Å². The smallest absolute Gasteiger partial charge is 0.351 e. The van der Waals surface area contributed by atoms with E-state index in [0.29, 0.717) is 12.2 Å². The number of likely N-dealkylation sites (N-methyl/N-ethyl adjacent to an activating group) is 1. The summed E-state index contributed by atoms with van der Waals surface area (Å²) in [4.78, 5) is 12.7. The van der Waals surface area contributed by atoms with Gasteiger partial charge >= 0.3 is 5.97 Å². The molecular formula is C11H14N2O2. The zero-order chi connectivity index (χ0) is 11.0. The highest BCUT2D eigenvalue weighted by Gasteiger charge is 2.33. The average molecular weight is 206 g/mol. The third kappa shape index (κ3) is 1.57. The molecule has 0 amide bonds. The lowest BCUT2D eigenvalue weighted by atomic mass is 9.93. The summed E-state index contributed by atoms with van der Waals surface area (Å²) in [5, 5.41) is 8.97. The van der Waals surface area contributed by atoms with Crippen LogP contribution in [-0.2, 0) is 4.79 Å². The van der Waals surface area contributed by atoms with Crippen LogP contribution in [0.2, 0.25) is 0 Å². The summed E-state index contributed by atoms with van der Waals surface area (Å²) < 4.78 is 0. The second-order valence-corrected chi connectivity index (χ2v) is 3.84. The molecular weight excluding hydrogens is 192 g/mol. The van der Waals surface area contributed by atoms with E-state index in [2.05, 4.69) is 0 Å². The van der Waals surface area contributed by atoms with Crippen LogP contribution in [0.1, 0.15) is 0 Å². The van der Waals surface area contributed by atoms with E-state index in [-0.39, 0.29) is 12.0 Å². The van der Waals surface area contributed by atoms with Crippen molar-refractivity contribution in [2.75, 3.05) is 13.6 Å². The SMILES string of the molecule is CN1C(C(=O)O)=CC2C=C(CN)C=CC21. The molecule has 1 heterocycles. The highest BCUT2D eigenvalue weighted by atomic mass is 16.4. The van der Waals surface area contributed by atoms with Gasteiger partial charge in [-0.3, -0.25) is 0 Å². The van der Waals surface area contributed by atoms with Crippen molar-refractivity contribution in [3.05, 3.63) is 35.6 Å². The molecule has 1 aliphatic carbocycles. The number of rotatable bonds is 2. The molecule has 3 N–H and O–H groups in total.